The number of nitrogens with zero attached hydrogens (tertiary/aromatic N) is 3. The van der Waals surface area contributed by atoms with Crippen molar-refractivity contribution in [3.05, 3.63) is 34.8 Å². The summed E-state index contributed by atoms with van der Waals surface area (Å²) in [5.74, 6) is -1.03. The lowest BCUT2D eigenvalue weighted by molar-refractivity contribution is 0.0697. The van der Waals surface area contributed by atoms with Gasteiger partial charge in [-0.2, -0.15) is 5.10 Å². The summed E-state index contributed by atoms with van der Waals surface area (Å²) >= 11 is 3.26. The second kappa shape index (κ2) is 3.93. The Labute approximate surface area is 98.8 Å². The summed E-state index contributed by atoms with van der Waals surface area (Å²) in [6, 6.07) is 2.85. The SMILES string of the molecule is Nc1cc(C(=O)O)cc(Br)c1-n1cncn1. The van der Waals surface area contributed by atoms with Gasteiger partial charge >= 0.3 is 5.97 Å². The fraction of sp³-hybridized carbons (Fsp3) is 0. The molecule has 0 amide bonds. The fourth-order valence-electron chi connectivity index (χ4n) is 1.31. The number of aromatic carboxylic acids is 1. The summed E-state index contributed by atoms with van der Waals surface area (Å²) in [4.78, 5) is 14.6. The van der Waals surface area contributed by atoms with Crippen molar-refractivity contribution in [2.75, 3.05) is 5.73 Å². The van der Waals surface area contributed by atoms with Crippen molar-refractivity contribution in [3.63, 3.8) is 0 Å². The highest BCUT2D eigenvalue weighted by molar-refractivity contribution is 9.10. The number of carboxylic acids is 1. The van der Waals surface area contributed by atoms with Crippen LogP contribution < -0.4 is 5.73 Å². The van der Waals surface area contributed by atoms with E-state index in [1.807, 2.05) is 0 Å². The summed E-state index contributed by atoms with van der Waals surface area (Å²) in [5.41, 5.74) is 6.78. The number of rotatable bonds is 2. The molecule has 0 fully saturated rings. The molecule has 6 nitrogen and oxygen atoms in total. The summed E-state index contributed by atoms with van der Waals surface area (Å²) in [6.45, 7) is 0. The van der Waals surface area contributed by atoms with E-state index in [4.69, 9.17) is 10.8 Å². The van der Waals surface area contributed by atoms with Gasteiger partial charge in [-0.25, -0.2) is 14.5 Å². The highest BCUT2D eigenvalue weighted by Gasteiger charge is 2.12. The molecule has 0 radical (unpaired) electrons. The summed E-state index contributed by atoms with van der Waals surface area (Å²) < 4.78 is 2.01. The molecule has 16 heavy (non-hydrogen) atoms. The van der Waals surface area contributed by atoms with Gasteiger partial charge in [0.05, 0.1) is 11.3 Å². The van der Waals surface area contributed by atoms with Gasteiger partial charge in [-0.05, 0) is 28.1 Å². The van der Waals surface area contributed by atoms with Crippen LogP contribution in [0, 0.1) is 0 Å². The van der Waals surface area contributed by atoms with Crippen LogP contribution in [0.25, 0.3) is 5.69 Å². The van der Waals surface area contributed by atoms with Crippen molar-refractivity contribution in [2.45, 2.75) is 0 Å². The van der Waals surface area contributed by atoms with Crippen LogP contribution in [0.15, 0.2) is 29.3 Å². The standard InChI is InChI=1S/C9H7BrN4O2/c10-6-1-5(9(15)16)2-7(11)8(6)14-4-12-3-13-14/h1-4H,11H2,(H,15,16). The normalized spacial score (nSPS) is 10.3. The lowest BCUT2D eigenvalue weighted by Gasteiger charge is -2.08. The van der Waals surface area contributed by atoms with Gasteiger partial charge in [-0.15, -0.1) is 0 Å². The molecule has 2 aromatic rings. The summed E-state index contributed by atoms with van der Waals surface area (Å²) in [5, 5.41) is 12.8. The Morgan fingerprint density at radius 3 is 2.75 bits per heavy atom. The minimum atomic E-state index is -1.03. The Hall–Kier alpha value is -1.89. The molecule has 0 unspecified atom stereocenters. The van der Waals surface area contributed by atoms with E-state index in [1.165, 1.54) is 29.5 Å². The average Bonchev–Trinajstić information content (AvgIpc) is 2.69. The third kappa shape index (κ3) is 1.76. The smallest absolute Gasteiger partial charge is 0.335 e. The maximum Gasteiger partial charge on any atom is 0.335 e. The van der Waals surface area contributed by atoms with E-state index in [9.17, 15) is 4.79 Å². The Bertz CT molecular complexity index is 515. The molecule has 0 spiro atoms. The second-order valence-corrected chi connectivity index (χ2v) is 3.90. The predicted molar refractivity (Wildman–Crippen MR) is 60.4 cm³/mol. The second-order valence-electron chi connectivity index (χ2n) is 3.04. The van der Waals surface area contributed by atoms with E-state index in [-0.39, 0.29) is 5.56 Å². The van der Waals surface area contributed by atoms with Crippen molar-refractivity contribution in [1.82, 2.24) is 14.8 Å². The first-order valence-electron chi connectivity index (χ1n) is 4.27. The molecule has 0 bridgehead atoms. The van der Waals surface area contributed by atoms with Crippen molar-refractivity contribution in [3.8, 4) is 5.69 Å². The minimum Gasteiger partial charge on any atom is -0.478 e. The zero-order valence-corrected chi connectivity index (χ0v) is 9.55. The predicted octanol–water partition coefficient (Wildman–Crippen LogP) is 1.31. The molecule has 0 saturated carbocycles. The molecule has 0 aliphatic rings. The molecule has 0 aliphatic carbocycles. The van der Waals surface area contributed by atoms with E-state index in [1.54, 1.807) is 0 Å². The van der Waals surface area contributed by atoms with E-state index >= 15 is 0 Å². The van der Waals surface area contributed by atoms with Gasteiger partial charge in [0.25, 0.3) is 0 Å². The highest BCUT2D eigenvalue weighted by atomic mass is 79.9. The zero-order chi connectivity index (χ0) is 11.7. The number of nitrogens with two attached hydrogens (primary N) is 1. The van der Waals surface area contributed by atoms with Crippen LogP contribution in [0.1, 0.15) is 10.4 Å². The minimum absolute atomic E-state index is 0.119. The molecular weight excluding hydrogens is 276 g/mol. The van der Waals surface area contributed by atoms with Crippen LogP contribution >= 0.6 is 15.9 Å². The molecule has 1 heterocycles. The van der Waals surface area contributed by atoms with Crippen molar-refractivity contribution in [1.29, 1.82) is 0 Å². The number of hydrogen-bond donors (Lipinski definition) is 2. The molecule has 1 aromatic carbocycles. The van der Waals surface area contributed by atoms with E-state index in [0.717, 1.165) is 0 Å². The van der Waals surface area contributed by atoms with E-state index < -0.39 is 5.97 Å². The number of carboxylic acid groups (broad SMARTS) is 1. The number of nitrogen functional groups attached to an aromatic ring is 1. The molecule has 3 N–H and O–H groups in total. The topological polar surface area (TPSA) is 94.0 Å². The van der Waals surface area contributed by atoms with Crippen LogP contribution in [0.4, 0.5) is 5.69 Å². The van der Waals surface area contributed by atoms with E-state index in [0.29, 0.717) is 15.8 Å². The monoisotopic (exact) mass is 282 g/mol. The van der Waals surface area contributed by atoms with Crippen LogP contribution in [-0.2, 0) is 0 Å². The summed E-state index contributed by atoms with van der Waals surface area (Å²) in [6.07, 6.45) is 2.86. The Morgan fingerprint density at radius 2 is 2.25 bits per heavy atom. The highest BCUT2D eigenvalue weighted by Crippen LogP contribution is 2.28. The summed E-state index contributed by atoms with van der Waals surface area (Å²) in [7, 11) is 0. The Kier molecular flexibility index (Phi) is 2.61. The van der Waals surface area contributed by atoms with Crippen LogP contribution in [-0.4, -0.2) is 25.8 Å². The molecule has 0 aliphatic heterocycles. The number of anilines is 1. The maximum atomic E-state index is 10.8. The van der Waals surface area contributed by atoms with Gasteiger partial charge in [0.1, 0.15) is 18.3 Å². The third-order valence-electron chi connectivity index (χ3n) is 1.99. The molecule has 82 valence electrons. The molecule has 0 saturated heterocycles. The van der Waals surface area contributed by atoms with Gasteiger partial charge in [0, 0.05) is 4.47 Å². The first kappa shape index (κ1) is 10.6. The lowest BCUT2D eigenvalue weighted by atomic mass is 10.2. The van der Waals surface area contributed by atoms with Gasteiger partial charge in [0.2, 0.25) is 0 Å². The first-order chi connectivity index (χ1) is 7.59. The average molecular weight is 283 g/mol. The molecular formula is C9H7BrN4O2. The maximum absolute atomic E-state index is 10.8. The number of hydrogen-bond acceptors (Lipinski definition) is 4. The van der Waals surface area contributed by atoms with Gasteiger partial charge in [0.15, 0.2) is 0 Å². The van der Waals surface area contributed by atoms with Crippen molar-refractivity contribution >= 4 is 27.6 Å². The van der Waals surface area contributed by atoms with Gasteiger partial charge in [-0.1, -0.05) is 0 Å². The third-order valence-corrected chi connectivity index (χ3v) is 2.59. The number of aromatic nitrogens is 3. The quantitative estimate of drug-likeness (QED) is 0.810. The largest absolute Gasteiger partial charge is 0.478 e. The molecule has 1 aromatic heterocycles. The van der Waals surface area contributed by atoms with Gasteiger partial charge in [-0.3, -0.25) is 0 Å². The van der Waals surface area contributed by atoms with Crippen LogP contribution in [0.5, 0.6) is 0 Å². The van der Waals surface area contributed by atoms with Crippen molar-refractivity contribution < 1.29 is 9.90 Å². The lowest BCUT2D eigenvalue weighted by Crippen LogP contribution is -2.05. The number of halogens is 1. The Balaban J connectivity index is 2.61. The fourth-order valence-corrected chi connectivity index (χ4v) is 1.97. The molecule has 2 rings (SSSR count). The van der Waals surface area contributed by atoms with Crippen LogP contribution in [0.3, 0.4) is 0 Å². The number of carbonyl (C=O) groups is 1. The Morgan fingerprint density at radius 1 is 1.50 bits per heavy atom. The van der Waals surface area contributed by atoms with Gasteiger partial charge < -0.3 is 10.8 Å². The van der Waals surface area contributed by atoms with Crippen LogP contribution in [0.2, 0.25) is 0 Å². The molecule has 0 atom stereocenters. The molecule has 7 heteroatoms. The first-order valence-corrected chi connectivity index (χ1v) is 5.06. The van der Waals surface area contributed by atoms with Crippen molar-refractivity contribution in [2.24, 2.45) is 0 Å². The zero-order valence-electron chi connectivity index (χ0n) is 7.96. The van der Waals surface area contributed by atoms with E-state index in [2.05, 4.69) is 26.0 Å². The number of benzene rings is 1.